The van der Waals surface area contributed by atoms with Gasteiger partial charge in [-0.3, -0.25) is 0 Å². The van der Waals surface area contributed by atoms with Crippen LogP contribution in [0.4, 0.5) is 0 Å². The molecule has 0 bridgehead atoms. The Morgan fingerprint density at radius 3 is 2.67 bits per heavy atom. The van der Waals surface area contributed by atoms with Gasteiger partial charge in [-0.2, -0.15) is 4.31 Å². The van der Waals surface area contributed by atoms with Crippen molar-refractivity contribution in [2.75, 3.05) is 13.7 Å². The number of aryl methyl sites for hydroxylation is 1. The van der Waals surface area contributed by atoms with E-state index in [-0.39, 0.29) is 12.1 Å². The van der Waals surface area contributed by atoms with Crippen molar-refractivity contribution in [1.82, 2.24) is 4.31 Å². The van der Waals surface area contributed by atoms with Crippen molar-refractivity contribution < 1.29 is 13.2 Å². The van der Waals surface area contributed by atoms with Crippen LogP contribution in [0.1, 0.15) is 31.7 Å². The van der Waals surface area contributed by atoms with Crippen molar-refractivity contribution in [1.29, 1.82) is 0 Å². The maximum absolute atomic E-state index is 12.9. The van der Waals surface area contributed by atoms with E-state index in [1.54, 1.807) is 29.6 Å². The van der Waals surface area contributed by atoms with E-state index in [0.29, 0.717) is 17.2 Å². The lowest BCUT2D eigenvalue weighted by molar-refractivity contribution is 0.227. The van der Waals surface area contributed by atoms with E-state index in [9.17, 15) is 8.42 Å². The number of rotatable bonds is 4. The molecule has 1 aliphatic heterocycles. The van der Waals surface area contributed by atoms with Crippen LogP contribution in [0.25, 0.3) is 0 Å². The Balaban J connectivity index is 2.38. The SMILES string of the molecule is COc1ccc(S(=O)(=O)N2CCCC[C@H]2[C@@H](C)N)cc1C. The Hall–Kier alpha value is -1.11. The van der Waals surface area contributed by atoms with E-state index in [1.165, 1.54) is 0 Å². The van der Waals surface area contributed by atoms with Crippen LogP contribution < -0.4 is 10.5 Å². The molecule has 0 aliphatic carbocycles. The van der Waals surface area contributed by atoms with Gasteiger partial charge in [-0.15, -0.1) is 0 Å². The maximum Gasteiger partial charge on any atom is 0.243 e. The van der Waals surface area contributed by atoms with Gasteiger partial charge in [0.2, 0.25) is 10.0 Å². The number of ether oxygens (including phenoxy) is 1. The van der Waals surface area contributed by atoms with E-state index in [1.807, 2.05) is 13.8 Å². The second-order valence-corrected chi connectivity index (χ2v) is 7.56. The molecule has 118 valence electrons. The summed E-state index contributed by atoms with van der Waals surface area (Å²) in [4.78, 5) is 0.313. The largest absolute Gasteiger partial charge is 0.496 e. The predicted molar refractivity (Wildman–Crippen MR) is 82.9 cm³/mol. The van der Waals surface area contributed by atoms with E-state index in [2.05, 4.69) is 0 Å². The van der Waals surface area contributed by atoms with E-state index in [0.717, 1.165) is 24.8 Å². The van der Waals surface area contributed by atoms with Crippen LogP contribution in [-0.4, -0.2) is 38.5 Å². The molecule has 2 N–H and O–H groups in total. The first-order valence-electron chi connectivity index (χ1n) is 7.30. The predicted octanol–water partition coefficient (Wildman–Crippen LogP) is 1.89. The third kappa shape index (κ3) is 3.22. The molecule has 1 aromatic carbocycles. The topological polar surface area (TPSA) is 72.6 Å². The molecule has 0 unspecified atom stereocenters. The lowest BCUT2D eigenvalue weighted by atomic mass is 10.00. The second-order valence-electron chi connectivity index (χ2n) is 5.67. The van der Waals surface area contributed by atoms with Gasteiger partial charge in [0, 0.05) is 18.6 Å². The van der Waals surface area contributed by atoms with Gasteiger partial charge < -0.3 is 10.5 Å². The first-order chi connectivity index (χ1) is 9.87. The average Bonchev–Trinajstić information content (AvgIpc) is 2.47. The molecule has 1 aromatic rings. The van der Waals surface area contributed by atoms with E-state index in [4.69, 9.17) is 10.5 Å². The number of methoxy groups -OCH3 is 1. The summed E-state index contributed by atoms with van der Waals surface area (Å²) >= 11 is 0. The minimum atomic E-state index is -3.51. The Kier molecular flexibility index (Phi) is 4.91. The van der Waals surface area contributed by atoms with Gasteiger partial charge in [-0.05, 0) is 50.5 Å². The maximum atomic E-state index is 12.9. The van der Waals surface area contributed by atoms with Crippen molar-refractivity contribution in [2.45, 2.75) is 50.1 Å². The monoisotopic (exact) mass is 312 g/mol. The van der Waals surface area contributed by atoms with Crippen molar-refractivity contribution in [3.05, 3.63) is 23.8 Å². The molecule has 21 heavy (non-hydrogen) atoms. The Labute approximate surface area is 127 Å². The van der Waals surface area contributed by atoms with Crippen LogP contribution in [0.5, 0.6) is 5.75 Å². The highest BCUT2D eigenvalue weighted by Gasteiger charge is 2.35. The van der Waals surface area contributed by atoms with E-state index < -0.39 is 10.0 Å². The van der Waals surface area contributed by atoms with Crippen LogP contribution in [0.3, 0.4) is 0 Å². The van der Waals surface area contributed by atoms with Gasteiger partial charge >= 0.3 is 0 Å². The van der Waals surface area contributed by atoms with Gasteiger partial charge in [0.15, 0.2) is 0 Å². The number of piperidine rings is 1. The van der Waals surface area contributed by atoms with Crippen molar-refractivity contribution in [3.63, 3.8) is 0 Å². The minimum absolute atomic E-state index is 0.119. The number of hydrogen-bond acceptors (Lipinski definition) is 4. The van der Waals surface area contributed by atoms with E-state index >= 15 is 0 Å². The molecule has 1 aliphatic rings. The quantitative estimate of drug-likeness (QED) is 0.921. The highest BCUT2D eigenvalue weighted by molar-refractivity contribution is 7.89. The fourth-order valence-corrected chi connectivity index (χ4v) is 4.76. The molecule has 6 heteroatoms. The number of nitrogens with two attached hydrogens (primary N) is 1. The fourth-order valence-electron chi connectivity index (χ4n) is 2.90. The molecular weight excluding hydrogens is 288 g/mol. The summed E-state index contributed by atoms with van der Waals surface area (Å²) in [5.41, 5.74) is 6.79. The summed E-state index contributed by atoms with van der Waals surface area (Å²) in [6.07, 6.45) is 2.74. The zero-order valence-corrected chi connectivity index (χ0v) is 13.7. The summed E-state index contributed by atoms with van der Waals surface area (Å²) in [6, 6.07) is 4.69. The standard InChI is InChI=1S/C15H24N2O3S/c1-11-10-13(7-8-15(11)20-3)21(18,19)17-9-5-4-6-14(17)12(2)16/h7-8,10,12,14H,4-6,9,16H2,1-3H3/t12-,14+/m1/s1. The molecule has 1 fully saturated rings. The molecule has 0 amide bonds. The summed E-state index contributed by atoms with van der Waals surface area (Å²) in [7, 11) is -1.93. The molecule has 1 saturated heterocycles. The van der Waals surface area contributed by atoms with Crippen molar-refractivity contribution in [3.8, 4) is 5.75 Å². The highest BCUT2D eigenvalue weighted by Crippen LogP contribution is 2.29. The summed E-state index contributed by atoms with van der Waals surface area (Å²) in [6.45, 7) is 4.26. The number of nitrogens with zero attached hydrogens (tertiary/aromatic N) is 1. The van der Waals surface area contributed by atoms with Crippen molar-refractivity contribution in [2.24, 2.45) is 5.73 Å². The zero-order chi connectivity index (χ0) is 15.6. The molecule has 2 rings (SSSR count). The molecule has 0 spiro atoms. The zero-order valence-electron chi connectivity index (χ0n) is 12.9. The van der Waals surface area contributed by atoms with Gasteiger partial charge in [0.25, 0.3) is 0 Å². The fraction of sp³-hybridized carbons (Fsp3) is 0.600. The third-order valence-corrected chi connectivity index (χ3v) is 6.00. The molecule has 5 nitrogen and oxygen atoms in total. The Morgan fingerprint density at radius 2 is 2.10 bits per heavy atom. The van der Waals surface area contributed by atoms with Crippen LogP contribution in [-0.2, 0) is 10.0 Å². The number of benzene rings is 1. The molecule has 0 saturated carbocycles. The molecule has 2 atom stereocenters. The van der Waals surface area contributed by atoms with Gasteiger partial charge in [-0.1, -0.05) is 6.42 Å². The summed E-state index contributed by atoms with van der Waals surface area (Å²) in [5, 5.41) is 0. The van der Waals surface area contributed by atoms with Gasteiger partial charge in [-0.25, -0.2) is 8.42 Å². The Bertz CT molecular complexity index is 599. The average molecular weight is 312 g/mol. The molecule has 1 heterocycles. The highest BCUT2D eigenvalue weighted by atomic mass is 32.2. The lowest BCUT2D eigenvalue weighted by Gasteiger charge is -2.37. The van der Waals surface area contributed by atoms with Gasteiger partial charge in [0.1, 0.15) is 5.75 Å². The smallest absolute Gasteiger partial charge is 0.243 e. The number of sulfonamides is 1. The Morgan fingerprint density at radius 1 is 1.38 bits per heavy atom. The van der Waals surface area contributed by atoms with Crippen LogP contribution >= 0.6 is 0 Å². The van der Waals surface area contributed by atoms with Crippen LogP contribution in [0, 0.1) is 6.92 Å². The molecule has 0 radical (unpaired) electrons. The summed E-state index contributed by atoms with van der Waals surface area (Å²) < 4.78 is 32.5. The van der Waals surface area contributed by atoms with Gasteiger partial charge in [0.05, 0.1) is 12.0 Å². The second kappa shape index (κ2) is 6.34. The van der Waals surface area contributed by atoms with Crippen molar-refractivity contribution >= 4 is 10.0 Å². The lowest BCUT2D eigenvalue weighted by Crippen LogP contribution is -2.51. The van der Waals surface area contributed by atoms with Crippen LogP contribution in [0.15, 0.2) is 23.1 Å². The molecular formula is C15H24N2O3S. The number of hydrogen-bond donors (Lipinski definition) is 1. The minimum Gasteiger partial charge on any atom is -0.496 e. The first-order valence-corrected chi connectivity index (χ1v) is 8.74. The molecule has 0 aromatic heterocycles. The summed E-state index contributed by atoms with van der Waals surface area (Å²) in [5.74, 6) is 0.691. The van der Waals surface area contributed by atoms with Crippen LogP contribution in [0.2, 0.25) is 0 Å². The first kappa shape index (κ1) is 16.3. The third-order valence-electron chi connectivity index (χ3n) is 4.08. The normalized spacial score (nSPS) is 22.0.